The largest absolute Gasteiger partial charge is 0.493 e. The van der Waals surface area contributed by atoms with Crippen molar-refractivity contribution in [2.24, 2.45) is 11.5 Å². The van der Waals surface area contributed by atoms with Crippen molar-refractivity contribution >= 4 is 5.91 Å². The predicted octanol–water partition coefficient (Wildman–Crippen LogP) is 0.442. The fourth-order valence-electron chi connectivity index (χ4n) is 1.19. The zero-order chi connectivity index (χ0) is 11.1. The lowest BCUT2D eigenvalue weighted by atomic mass is 10.1. The third kappa shape index (κ3) is 4.46. The molecule has 4 nitrogen and oxygen atoms in total. The van der Waals surface area contributed by atoms with E-state index in [1.807, 2.05) is 24.3 Å². The van der Waals surface area contributed by atoms with Gasteiger partial charge in [0, 0.05) is 0 Å². The van der Waals surface area contributed by atoms with Gasteiger partial charge in [-0.25, -0.2) is 0 Å². The number of hydrogen-bond donors (Lipinski definition) is 2. The van der Waals surface area contributed by atoms with Crippen LogP contribution in [0.15, 0.2) is 24.3 Å². The lowest BCUT2D eigenvalue weighted by molar-refractivity contribution is -0.118. The van der Waals surface area contributed by atoms with E-state index < -0.39 is 0 Å². The molecule has 0 heterocycles. The van der Waals surface area contributed by atoms with Crippen molar-refractivity contribution in [3.63, 3.8) is 0 Å². The Bertz CT molecular complexity index is 309. The second-order valence-electron chi connectivity index (χ2n) is 3.25. The van der Waals surface area contributed by atoms with Gasteiger partial charge in [0.1, 0.15) is 5.75 Å². The van der Waals surface area contributed by atoms with Gasteiger partial charge in [-0.3, -0.25) is 4.79 Å². The van der Waals surface area contributed by atoms with Crippen LogP contribution >= 0.6 is 0 Å². The van der Waals surface area contributed by atoms with Gasteiger partial charge in [0.25, 0.3) is 0 Å². The third-order valence-electron chi connectivity index (χ3n) is 1.97. The molecule has 4 N–H and O–H groups in total. The van der Waals surface area contributed by atoms with Crippen LogP contribution in [-0.4, -0.2) is 19.1 Å². The van der Waals surface area contributed by atoms with Gasteiger partial charge in [-0.2, -0.15) is 0 Å². The Hall–Kier alpha value is -1.55. The van der Waals surface area contributed by atoms with Crippen molar-refractivity contribution in [2.45, 2.75) is 12.8 Å². The van der Waals surface area contributed by atoms with E-state index in [4.69, 9.17) is 16.2 Å². The normalized spacial score (nSPS) is 9.93. The second kappa shape index (κ2) is 6.03. The van der Waals surface area contributed by atoms with Gasteiger partial charge in [0.15, 0.2) is 0 Å². The Morgan fingerprint density at radius 3 is 2.47 bits per heavy atom. The number of carbonyl (C=O) groups excluding carboxylic acids is 1. The van der Waals surface area contributed by atoms with Gasteiger partial charge in [0.05, 0.1) is 13.0 Å². The Kier molecular flexibility index (Phi) is 4.63. The molecule has 0 unspecified atom stereocenters. The van der Waals surface area contributed by atoms with E-state index in [0.717, 1.165) is 12.2 Å². The molecule has 82 valence electrons. The summed E-state index contributed by atoms with van der Waals surface area (Å²) in [6.45, 7) is 0.966. The smallest absolute Gasteiger partial charge is 0.220 e. The van der Waals surface area contributed by atoms with Crippen molar-refractivity contribution in [3.05, 3.63) is 29.8 Å². The summed E-state index contributed by atoms with van der Waals surface area (Å²) < 4.78 is 5.32. The molecular formula is C11H16N2O2. The first-order valence-corrected chi connectivity index (χ1v) is 4.92. The molecule has 4 heteroatoms. The summed E-state index contributed by atoms with van der Waals surface area (Å²) in [6, 6.07) is 7.66. The van der Waals surface area contributed by atoms with E-state index in [1.165, 1.54) is 5.56 Å². The minimum absolute atomic E-state index is 0.241. The highest BCUT2D eigenvalue weighted by molar-refractivity contribution is 5.73. The molecule has 0 fully saturated rings. The zero-order valence-electron chi connectivity index (χ0n) is 8.61. The Labute approximate surface area is 89.2 Å². The standard InChI is InChI=1S/C11H16N2O2/c12-7-5-9-1-3-10(4-2-9)15-8-6-11(13)14/h1-4H,5-8,12H2,(H2,13,14). The first kappa shape index (κ1) is 11.5. The maximum atomic E-state index is 10.5. The van der Waals surface area contributed by atoms with Crippen molar-refractivity contribution in [1.29, 1.82) is 0 Å². The molecule has 0 spiro atoms. The van der Waals surface area contributed by atoms with Gasteiger partial charge in [-0.05, 0) is 30.7 Å². The third-order valence-corrected chi connectivity index (χ3v) is 1.97. The lowest BCUT2D eigenvalue weighted by Gasteiger charge is -2.05. The maximum Gasteiger partial charge on any atom is 0.220 e. The quantitative estimate of drug-likeness (QED) is 0.712. The van der Waals surface area contributed by atoms with Crippen LogP contribution in [0.1, 0.15) is 12.0 Å². The van der Waals surface area contributed by atoms with E-state index in [2.05, 4.69) is 0 Å². The van der Waals surface area contributed by atoms with E-state index in [0.29, 0.717) is 13.2 Å². The molecule has 0 radical (unpaired) electrons. The number of benzene rings is 1. The number of ether oxygens (including phenoxy) is 1. The topological polar surface area (TPSA) is 78.3 Å². The molecule has 1 amide bonds. The van der Waals surface area contributed by atoms with Crippen LogP contribution in [0.25, 0.3) is 0 Å². The molecule has 0 saturated carbocycles. The molecule has 0 aliphatic rings. The van der Waals surface area contributed by atoms with Crippen LogP contribution in [0.5, 0.6) is 5.75 Å². The van der Waals surface area contributed by atoms with Crippen LogP contribution in [0.3, 0.4) is 0 Å². The average molecular weight is 208 g/mol. The van der Waals surface area contributed by atoms with Gasteiger partial charge >= 0.3 is 0 Å². The summed E-state index contributed by atoms with van der Waals surface area (Å²) in [7, 11) is 0. The number of rotatable bonds is 6. The zero-order valence-corrected chi connectivity index (χ0v) is 8.61. The van der Waals surface area contributed by atoms with Crippen LogP contribution in [0.4, 0.5) is 0 Å². The first-order chi connectivity index (χ1) is 7.22. The van der Waals surface area contributed by atoms with Crippen LogP contribution in [0.2, 0.25) is 0 Å². The van der Waals surface area contributed by atoms with E-state index in [-0.39, 0.29) is 12.3 Å². The van der Waals surface area contributed by atoms with Crippen molar-refractivity contribution in [1.82, 2.24) is 0 Å². The Morgan fingerprint density at radius 2 is 1.93 bits per heavy atom. The first-order valence-electron chi connectivity index (χ1n) is 4.92. The van der Waals surface area contributed by atoms with E-state index >= 15 is 0 Å². The Balaban J connectivity index is 2.39. The molecule has 0 aliphatic heterocycles. The van der Waals surface area contributed by atoms with Crippen molar-refractivity contribution in [3.8, 4) is 5.75 Å². The summed E-state index contributed by atoms with van der Waals surface area (Å²) >= 11 is 0. The lowest BCUT2D eigenvalue weighted by Crippen LogP contribution is -2.14. The highest BCUT2D eigenvalue weighted by Gasteiger charge is 1.97. The summed E-state index contributed by atoms with van der Waals surface area (Å²) in [6.07, 6.45) is 1.10. The van der Waals surface area contributed by atoms with Crippen molar-refractivity contribution < 1.29 is 9.53 Å². The van der Waals surface area contributed by atoms with Gasteiger partial charge in [-0.15, -0.1) is 0 Å². The van der Waals surface area contributed by atoms with Gasteiger partial charge < -0.3 is 16.2 Å². The molecule has 0 atom stereocenters. The SMILES string of the molecule is NCCc1ccc(OCCC(N)=O)cc1. The molecular weight excluding hydrogens is 192 g/mol. The minimum Gasteiger partial charge on any atom is -0.493 e. The highest BCUT2D eigenvalue weighted by atomic mass is 16.5. The molecule has 0 saturated heterocycles. The summed E-state index contributed by atoms with van der Waals surface area (Å²) in [5.41, 5.74) is 11.6. The molecule has 0 aromatic heterocycles. The number of hydrogen-bond acceptors (Lipinski definition) is 3. The molecule has 1 aromatic carbocycles. The highest BCUT2D eigenvalue weighted by Crippen LogP contribution is 2.12. The fourth-order valence-corrected chi connectivity index (χ4v) is 1.19. The maximum absolute atomic E-state index is 10.5. The second-order valence-corrected chi connectivity index (χ2v) is 3.25. The van der Waals surface area contributed by atoms with Crippen LogP contribution in [-0.2, 0) is 11.2 Å². The number of primary amides is 1. The summed E-state index contributed by atoms with van der Waals surface area (Å²) in [5, 5.41) is 0. The van der Waals surface area contributed by atoms with Gasteiger partial charge in [-0.1, -0.05) is 12.1 Å². The van der Waals surface area contributed by atoms with Gasteiger partial charge in [0.2, 0.25) is 5.91 Å². The summed E-state index contributed by atoms with van der Waals surface area (Å²) in [4.78, 5) is 10.5. The predicted molar refractivity (Wildman–Crippen MR) is 58.5 cm³/mol. The Morgan fingerprint density at radius 1 is 1.27 bits per heavy atom. The number of nitrogens with two attached hydrogens (primary N) is 2. The average Bonchev–Trinajstić information content (AvgIpc) is 2.20. The molecule has 1 aromatic rings. The fraction of sp³-hybridized carbons (Fsp3) is 0.364. The van der Waals surface area contributed by atoms with Crippen LogP contribution < -0.4 is 16.2 Å². The molecule has 0 bridgehead atoms. The van der Waals surface area contributed by atoms with Crippen molar-refractivity contribution in [2.75, 3.05) is 13.2 Å². The minimum atomic E-state index is -0.352. The number of amides is 1. The van der Waals surface area contributed by atoms with E-state index in [1.54, 1.807) is 0 Å². The molecule has 15 heavy (non-hydrogen) atoms. The van der Waals surface area contributed by atoms with Crippen LogP contribution in [0, 0.1) is 0 Å². The van der Waals surface area contributed by atoms with E-state index in [9.17, 15) is 4.79 Å². The monoisotopic (exact) mass is 208 g/mol. The molecule has 0 aliphatic carbocycles. The molecule has 1 rings (SSSR count). The summed E-state index contributed by atoms with van der Waals surface area (Å²) in [5.74, 6) is 0.395. The number of carbonyl (C=O) groups is 1.